The largest absolute Gasteiger partial charge is 0.452 e. The summed E-state index contributed by atoms with van der Waals surface area (Å²) in [6, 6.07) is 5.70. The Kier molecular flexibility index (Phi) is 6.60. The summed E-state index contributed by atoms with van der Waals surface area (Å²) in [5.41, 5.74) is 2.47. The molecule has 3 aromatic rings. The van der Waals surface area contributed by atoms with Gasteiger partial charge in [0.15, 0.2) is 0 Å². The van der Waals surface area contributed by atoms with Crippen molar-refractivity contribution in [2.75, 3.05) is 32.1 Å². The number of benzene rings is 1. The van der Waals surface area contributed by atoms with Gasteiger partial charge in [0.1, 0.15) is 12.4 Å². The lowest BCUT2D eigenvalue weighted by molar-refractivity contribution is -0.133. The fraction of sp³-hybridized carbons (Fsp3) is 0.500. The third kappa shape index (κ3) is 4.91. The minimum absolute atomic E-state index is 0.108. The van der Waals surface area contributed by atoms with E-state index in [4.69, 9.17) is 9.72 Å². The molecule has 2 amide bonds. The number of fused-ring (bicyclic) bond motifs is 3. The predicted molar refractivity (Wildman–Crippen MR) is 128 cm³/mol. The number of aromatic nitrogens is 4. The maximum absolute atomic E-state index is 13.1. The van der Waals surface area contributed by atoms with Crippen LogP contribution >= 0.6 is 0 Å². The number of ether oxygens (including phenoxy) is 1. The Morgan fingerprint density at radius 2 is 2.09 bits per heavy atom. The van der Waals surface area contributed by atoms with Crippen molar-refractivity contribution in [1.29, 1.82) is 0 Å². The molecule has 182 valence electrons. The van der Waals surface area contributed by atoms with Gasteiger partial charge in [0.25, 0.3) is 0 Å². The number of hydrogen-bond donors (Lipinski definition) is 1. The minimum Gasteiger partial charge on any atom is -0.452 e. The molecule has 0 spiro atoms. The Balaban J connectivity index is 1.73. The minimum atomic E-state index is -0.985. The summed E-state index contributed by atoms with van der Waals surface area (Å²) < 4.78 is 8.74. The van der Waals surface area contributed by atoms with E-state index in [1.807, 2.05) is 33.6 Å². The SMILES string of the molecule is COC(=O)N1CCCc2c1ccc1c2nc(CCn2cccn2)n1CC(=O)N(C)CC(C)(C)O. The second kappa shape index (κ2) is 9.46. The molecule has 34 heavy (non-hydrogen) atoms. The second-order valence-corrected chi connectivity index (χ2v) is 9.35. The van der Waals surface area contributed by atoms with Crippen LogP contribution in [0.4, 0.5) is 10.5 Å². The fourth-order valence-electron chi connectivity index (χ4n) is 4.56. The quantitative estimate of drug-likeness (QED) is 0.570. The highest BCUT2D eigenvalue weighted by Crippen LogP contribution is 2.34. The molecule has 3 heterocycles. The summed E-state index contributed by atoms with van der Waals surface area (Å²) in [7, 11) is 3.08. The summed E-state index contributed by atoms with van der Waals surface area (Å²) in [6.45, 7) is 4.91. The summed E-state index contributed by atoms with van der Waals surface area (Å²) in [5, 5.41) is 14.4. The van der Waals surface area contributed by atoms with Gasteiger partial charge in [-0.05, 0) is 44.9 Å². The van der Waals surface area contributed by atoms with E-state index in [0.29, 0.717) is 19.5 Å². The second-order valence-electron chi connectivity index (χ2n) is 9.35. The number of amides is 2. The first kappa shape index (κ1) is 23.7. The number of likely N-dealkylation sites (N-methyl/N-ethyl adjacent to an activating group) is 1. The summed E-state index contributed by atoms with van der Waals surface area (Å²) in [4.78, 5) is 33.5. The lowest BCUT2D eigenvalue weighted by Gasteiger charge is -2.28. The van der Waals surface area contributed by atoms with E-state index in [1.165, 1.54) is 7.11 Å². The van der Waals surface area contributed by atoms with Crippen molar-refractivity contribution in [3.05, 3.63) is 42.0 Å². The number of methoxy groups -OCH3 is 1. The van der Waals surface area contributed by atoms with E-state index in [0.717, 1.165) is 41.0 Å². The maximum Gasteiger partial charge on any atom is 0.414 e. The Hall–Kier alpha value is -3.40. The van der Waals surface area contributed by atoms with E-state index in [9.17, 15) is 14.7 Å². The average molecular weight is 469 g/mol. The predicted octanol–water partition coefficient (Wildman–Crippen LogP) is 2.22. The molecular formula is C24H32N6O4. The normalized spacial score (nSPS) is 13.7. The Morgan fingerprint density at radius 1 is 1.29 bits per heavy atom. The molecule has 1 aliphatic heterocycles. The molecule has 0 radical (unpaired) electrons. The molecule has 4 rings (SSSR count). The van der Waals surface area contributed by atoms with Gasteiger partial charge in [-0.25, -0.2) is 9.78 Å². The molecule has 0 fully saturated rings. The number of aryl methyl sites for hydroxylation is 3. The Bertz CT molecular complexity index is 1180. The first-order chi connectivity index (χ1) is 16.2. The number of imidazole rings is 1. The maximum atomic E-state index is 13.1. The van der Waals surface area contributed by atoms with Crippen molar-refractivity contribution in [3.8, 4) is 0 Å². The monoisotopic (exact) mass is 468 g/mol. The molecule has 0 saturated carbocycles. The molecule has 0 bridgehead atoms. The van der Waals surface area contributed by atoms with Gasteiger partial charge in [-0.15, -0.1) is 0 Å². The first-order valence-corrected chi connectivity index (χ1v) is 11.5. The summed E-state index contributed by atoms with van der Waals surface area (Å²) >= 11 is 0. The van der Waals surface area contributed by atoms with Crippen LogP contribution in [0.3, 0.4) is 0 Å². The zero-order valence-corrected chi connectivity index (χ0v) is 20.2. The van der Waals surface area contributed by atoms with Gasteiger partial charge in [0.2, 0.25) is 5.91 Å². The van der Waals surface area contributed by atoms with Crippen LogP contribution < -0.4 is 4.90 Å². The first-order valence-electron chi connectivity index (χ1n) is 11.5. The third-order valence-electron chi connectivity index (χ3n) is 6.04. The van der Waals surface area contributed by atoms with E-state index in [1.54, 1.807) is 36.9 Å². The van der Waals surface area contributed by atoms with E-state index >= 15 is 0 Å². The van der Waals surface area contributed by atoms with Crippen LogP contribution in [0.1, 0.15) is 31.7 Å². The highest BCUT2D eigenvalue weighted by Gasteiger charge is 2.28. The van der Waals surface area contributed by atoms with Crippen LogP contribution in [0.2, 0.25) is 0 Å². The number of hydrogen-bond acceptors (Lipinski definition) is 6. The van der Waals surface area contributed by atoms with Gasteiger partial charge >= 0.3 is 6.09 Å². The van der Waals surface area contributed by atoms with Gasteiger partial charge in [-0.2, -0.15) is 5.10 Å². The van der Waals surface area contributed by atoms with Crippen molar-refractivity contribution < 1.29 is 19.4 Å². The fourth-order valence-corrected chi connectivity index (χ4v) is 4.56. The third-order valence-corrected chi connectivity index (χ3v) is 6.04. The molecular weight excluding hydrogens is 436 g/mol. The van der Waals surface area contributed by atoms with Crippen LogP contribution in [0.5, 0.6) is 0 Å². The molecule has 1 N–H and O–H groups in total. The van der Waals surface area contributed by atoms with Crippen LogP contribution in [0, 0.1) is 0 Å². The van der Waals surface area contributed by atoms with Crippen molar-refractivity contribution in [1.82, 2.24) is 24.2 Å². The van der Waals surface area contributed by atoms with Crippen LogP contribution in [-0.2, 0) is 35.5 Å². The molecule has 2 aromatic heterocycles. The smallest absolute Gasteiger partial charge is 0.414 e. The van der Waals surface area contributed by atoms with Gasteiger partial charge in [0, 0.05) is 51.1 Å². The van der Waals surface area contributed by atoms with Crippen molar-refractivity contribution in [2.45, 2.75) is 51.8 Å². The van der Waals surface area contributed by atoms with Crippen molar-refractivity contribution >= 4 is 28.7 Å². The lowest BCUT2D eigenvalue weighted by Crippen LogP contribution is -2.41. The van der Waals surface area contributed by atoms with E-state index in [-0.39, 0.29) is 25.1 Å². The lowest BCUT2D eigenvalue weighted by atomic mass is 10.0. The van der Waals surface area contributed by atoms with Crippen molar-refractivity contribution in [2.24, 2.45) is 0 Å². The number of anilines is 1. The highest BCUT2D eigenvalue weighted by molar-refractivity contribution is 5.95. The molecule has 0 aliphatic carbocycles. The van der Waals surface area contributed by atoms with Crippen molar-refractivity contribution in [3.63, 3.8) is 0 Å². The molecule has 1 aromatic carbocycles. The van der Waals surface area contributed by atoms with Crippen LogP contribution in [0.15, 0.2) is 30.6 Å². The van der Waals surface area contributed by atoms with Gasteiger partial charge in [-0.3, -0.25) is 14.4 Å². The number of rotatable bonds is 7. The van der Waals surface area contributed by atoms with Gasteiger partial charge in [0.05, 0.1) is 29.4 Å². The molecule has 0 saturated heterocycles. The van der Waals surface area contributed by atoms with E-state index in [2.05, 4.69) is 5.10 Å². The van der Waals surface area contributed by atoms with Gasteiger partial charge < -0.3 is 19.3 Å². The zero-order chi connectivity index (χ0) is 24.5. The molecule has 1 aliphatic rings. The summed E-state index contributed by atoms with van der Waals surface area (Å²) in [5.74, 6) is 0.662. The molecule has 0 unspecified atom stereocenters. The van der Waals surface area contributed by atoms with E-state index < -0.39 is 5.60 Å². The standard InChI is InChI=1S/C24H32N6O4/c1-24(2,33)16-27(3)21(31)15-30-19-9-8-18-17(7-5-13-29(18)23(32)34-4)22(19)26-20(30)10-14-28-12-6-11-25-28/h6,8-9,11-12,33H,5,7,10,13-16H2,1-4H3. The van der Waals surface area contributed by atoms with Crippen LogP contribution in [-0.4, -0.2) is 74.2 Å². The topological polar surface area (TPSA) is 106 Å². The Labute approximate surface area is 198 Å². The van der Waals surface area contributed by atoms with Crippen LogP contribution in [0.25, 0.3) is 11.0 Å². The number of nitrogens with zero attached hydrogens (tertiary/aromatic N) is 6. The number of aliphatic hydroxyl groups is 1. The molecule has 10 heteroatoms. The zero-order valence-electron chi connectivity index (χ0n) is 20.2. The summed E-state index contributed by atoms with van der Waals surface area (Å²) in [6.07, 6.45) is 5.43. The molecule has 0 atom stereocenters. The highest BCUT2D eigenvalue weighted by atomic mass is 16.5. The number of carbonyl (C=O) groups is 2. The Morgan fingerprint density at radius 3 is 2.76 bits per heavy atom. The molecule has 10 nitrogen and oxygen atoms in total. The van der Waals surface area contributed by atoms with Gasteiger partial charge in [-0.1, -0.05) is 0 Å². The number of carbonyl (C=O) groups excluding carboxylic acids is 2. The average Bonchev–Trinajstić information content (AvgIpc) is 3.43.